The molecule has 5 nitrogen and oxygen atoms in total. The smallest absolute Gasteiger partial charge is 0.151 e. The van der Waals surface area contributed by atoms with Crippen molar-refractivity contribution in [3.05, 3.63) is 70.3 Å². The molecule has 2 fully saturated rings. The second-order valence-corrected chi connectivity index (χ2v) is 9.93. The first-order valence-electron chi connectivity index (χ1n) is 11.7. The molecule has 0 unspecified atom stereocenters. The highest BCUT2D eigenvalue weighted by Gasteiger charge is 2.34. The molecule has 0 atom stereocenters. The summed E-state index contributed by atoms with van der Waals surface area (Å²) in [5, 5.41) is 10.1. The van der Waals surface area contributed by atoms with E-state index in [2.05, 4.69) is 31.7 Å². The lowest BCUT2D eigenvalue weighted by Gasteiger charge is -2.36. The average molecular weight is 452 g/mol. The average Bonchev–Trinajstić information content (AvgIpc) is 3.10. The van der Waals surface area contributed by atoms with Crippen LogP contribution < -0.4 is 0 Å². The molecule has 1 aliphatic heterocycles. The van der Waals surface area contributed by atoms with Gasteiger partial charge < -0.3 is 0 Å². The number of halogens is 2. The normalized spacial score (nSPS) is 23.8. The Morgan fingerprint density at radius 3 is 2.50 bits per heavy atom. The first kappa shape index (κ1) is 20.3. The van der Waals surface area contributed by atoms with E-state index >= 15 is 0 Å². The molecule has 0 radical (unpaired) electrons. The van der Waals surface area contributed by atoms with Crippen LogP contribution in [0.3, 0.4) is 0 Å². The third-order valence-corrected chi connectivity index (χ3v) is 7.85. The van der Waals surface area contributed by atoms with Crippen molar-refractivity contribution in [1.82, 2.24) is 24.6 Å². The molecule has 0 N–H and O–H groups in total. The van der Waals surface area contributed by atoms with Gasteiger partial charge in [0, 0.05) is 35.6 Å². The molecule has 1 aromatic carbocycles. The summed E-state index contributed by atoms with van der Waals surface area (Å²) < 4.78 is 16.5. The lowest BCUT2D eigenvalue weighted by atomic mass is 9.79. The third kappa shape index (κ3) is 3.54. The molecule has 6 rings (SSSR count). The fraction of sp³-hybridized carbons (Fsp3) is 0.480. The fourth-order valence-corrected chi connectivity index (χ4v) is 5.84. The van der Waals surface area contributed by atoms with Gasteiger partial charge in [0.15, 0.2) is 5.82 Å². The Balaban J connectivity index is 1.31. The number of aromatic nitrogens is 4. The monoisotopic (exact) mass is 451 g/mol. The minimum absolute atomic E-state index is 0.180. The zero-order valence-corrected chi connectivity index (χ0v) is 18.8. The summed E-state index contributed by atoms with van der Waals surface area (Å²) in [6.45, 7) is 1.72. The highest BCUT2D eigenvalue weighted by Crippen LogP contribution is 2.42. The van der Waals surface area contributed by atoms with Crippen molar-refractivity contribution in [3.63, 3.8) is 0 Å². The molecule has 3 heterocycles. The Labute approximate surface area is 192 Å². The van der Waals surface area contributed by atoms with E-state index in [1.165, 1.54) is 30.9 Å². The van der Waals surface area contributed by atoms with E-state index in [4.69, 9.17) is 16.7 Å². The SMILES string of the molecule is Fc1cccnc1[C@H]1CC[C@H](c2nnc3n2-c2ccc(Cl)cc2CN(C2CCC2)C3)CC1. The van der Waals surface area contributed by atoms with Crippen molar-refractivity contribution >= 4 is 11.6 Å². The number of fused-ring (bicyclic) bond motifs is 3. The molecule has 3 aliphatic rings. The molecule has 0 bridgehead atoms. The van der Waals surface area contributed by atoms with Crippen molar-refractivity contribution in [2.75, 3.05) is 0 Å². The predicted octanol–water partition coefficient (Wildman–Crippen LogP) is 5.76. The Kier molecular flexibility index (Phi) is 5.22. The second-order valence-electron chi connectivity index (χ2n) is 9.49. The van der Waals surface area contributed by atoms with Crippen LogP contribution in [0.1, 0.15) is 79.7 Å². The largest absolute Gasteiger partial charge is 0.289 e. The highest BCUT2D eigenvalue weighted by atomic mass is 35.5. The quantitative estimate of drug-likeness (QED) is 0.507. The molecule has 166 valence electrons. The van der Waals surface area contributed by atoms with Gasteiger partial charge in [-0.3, -0.25) is 14.5 Å². The minimum Gasteiger partial charge on any atom is -0.289 e. The van der Waals surface area contributed by atoms with Crippen molar-refractivity contribution in [2.45, 2.75) is 75.9 Å². The second kappa shape index (κ2) is 8.23. The minimum atomic E-state index is -0.186. The standard InChI is InChI=1S/C25H27ClFN5/c26-19-10-11-22-18(13-19)14-31(20-3-1-4-20)15-23-29-30-25(32(22)23)17-8-6-16(7-9-17)24-21(27)5-2-12-28-24/h2,5,10-13,16-17,20H,1,3-4,6-9,14-15H2/t16-,17-. The first-order chi connectivity index (χ1) is 15.7. The molecular formula is C25H27ClFN5. The summed E-state index contributed by atoms with van der Waals surface area (Å²) in [6, 6.07) is 9.98. The van der Waals surface area contributed by atoms with E-state index in [1.807, 2.05) is 6.07 Å². The maximum absolute atomic E-state index is 14.2. The van der Waals surface area contributed by atoms with Crippen LogP contribution in [0.2, 0.25) is 5.02 Å². The van der Waals surface area contributed by atoms with Gasteiger partial charge in [0.1, 0.15) is 11.6 Å². The maximum atomic E-state index is 14.2. The summed E-state index contributed by atoms with van der Waals surface area (Å²) in [6.07, 6.45) is 9.28. The summed E-state index contributed by atoms with van der Waals surface area (Å²) in [7, 11) is 0. The molecule has 32 heavy (non-hydrogen) atoms. The van der Waals surface area contributed by atoms with E-state index in [-0.39, 0.29) is 11.7 Å². The van der Waals surface area contributed by atoms with Crippen LogP contribution in [-0.2, 0) is 13.1 Å². The summed E-state index contributed by atoms with van der Waals surface area (Å²) in [4.78, 5) is 6.86. The molecule has 2 saturated carbocycles. The number of pyridine rings is 1. The van der Waals surface area contributed by atoms with E-state index in [0.29, 0.717) is 17.7 Å². The van der Waals surface area contributed by atoms with Crippen molar-refractivity contribution in [3.8, 4) is 5.69 Å². The van der Waals surface area contributed by atoms with Crippen LogP contribution >= 0.6 is 11.6 Å². The summed E-state index contributed by atoms with van der Waals surface area (Å²) in [5.74, 6) is 2.37. The lowest BCUT2D eigenvalue weighted by Crippen LogP contribution is -2.38. The molecule has 0 amide bonds. The molecular weight excluding hydrogens is 425 g/mol. The summed E-state index contributed by atoms with van der Waals surface area (Å²) >= 11 is 6.39. The van der Waals surface area contributed by atoms with Crippen LogP contribution in [0.25, 0.3) is 5.69 Å². The predicted molar refractivity (Wildman–Crippen MR) is 121 cm³/mol. The number of hydrogen-bond acceptors (Lipinski definition) is 4. The number of benzene rings is 1. The van der Waals surface area contributed by atoms with E-state index in [9.17, 15) is 4.39 Å². The topological polar surface area (TPSA) is 46.8 Å². The van der Waals surface area contributed by atoms with Gasteiger partial charge in [0.25, 0.3) is 0 Å². The lowest BCUT2D eigenvalue weighted by molar-refractivity contribution is 0.110. The number of nitrogens with zero attached hydrogens (tertiary/aromatic N) is 5. The number of hydrogen-bond donors (Lipinski definition) is 0. The fourth-order valence-electron chi connectivity index (χ4n) is 5.65. The van der Waals surface area contributed by atoms with Gasteiger partial charge in [-0.15, -0.1) is 10.2 Å². The van der Waals surface area contributed by atoms with Gasteiger partial charge in [-0.05, 0) is 74.4 Å². The van der Waals surface area contributed by atoms with Gasteiger partial charge in [0.2, 0.25) is 0 Å². The van der Waals surface area contributed by atoms with Gasteiger partial charge in [0.05, 0.1) is 17.9 Å². The molecule has 3 aromatic rings. The molecule has 0 spiro atoms. The Morgan fingerprint density at radius 1 is 0.938 bits per heavy atom. The zero-order valence-electron chi connectivity index (χ0n) is 18.1. The Hall–Kier alpha value is -2.31. The van der Waals surface area contributed by atoms with Gasteiger partial charge in [-0.2, -0.15) is 0 Å². The van der Waals surface area contributed by atoms with E-state index in [0.717, 1.165) is 61.1 Å². The molecule has 7 heteroatoms. The van der Waals surface area contributed by atoms with Gasteiger partial charge in [-0.1, -0.05) is 18.0 Å². The van der Waals surface area contributed by atoms with Crippen LogP contribution in [0.4, 0.5) is 4.39 Å². The Morgan fingerprint density at radius 2 is 1.75 bits per heavy atom. The zero-order chi connectivity index (χ0) is 21.7. The molecule has 2 aliphatic carbocycles. The highest BCUT2D eigenvalue weighted by molar-refractivity contribution is 6.30. The van der Waals surface area contributed by atoms with Gasteiger partial charge in [-0.25, -0.2) is 4.39 Å². The first-order valence-corrected chi connectivity index (χ1v) is 12.1. The van der Waals surface area contributed by atoms with Crippen molar-refractivity contribution in [2.24, 2.45) is 0 Å². The van der Waals surface area contributed by atoms with Crippen LogP contribution in [0.15, 0.2) is 36.5 Å². The molecule has 0 saturated heterocycles. The van der Waals surface area contributed by atoms with Crippen LogP contribution in [-0.4, -0.2) is 30.7 Å². The van der Waals surface area contributed by atoms with Crippen LogP contribution in [0, 0.1) is 5.82 Å². The van der Waals surface area contributed by atoms with E-state index in [1.54, 1.807) is 12.3 Å². The maximum Gasteiger partial charge on any atom is 0.151 e. The van der Waals surface area contributed by atoms with Crippen LogP contribution in [0.5, 0.6) is 0 Å². The van der Waals surface area contributed by atoms with Crippen molar-refractivity contribution < 1.29 is 4.39 Å². The third-order valence-electron chi connectivity index (χ3n) is 7.61. The summed E-state index contributed by atoms with van der Waals surface area (Å²) in [5.41, 5.74) is 3.01. The number of rotatable bonds is 3. The van der Waals surface area contributed by atoms with Crippen molar-refractivity contribution in [1.29, 1.82) is 0 Å². The van der Waals surface area contributed by atoms with Gasteiger partial charge >= 0.3 is 0 Å². The molecule has 2 aromatic heterocycles. The Bertz CT molecular complexity index is 1130. The van der Waals surface area contributed by atoms with E-state index < -0.39 is 0 Å².